The first-order valence-electron chi connectivity index (χ1n) is 11.7. The van der Waals surface area contributed by atoms with E-state index in [-0.39, 0.29) is 42.4 Å². The van der Waals surface area contributed by atoms with Crippen molar-refractivity contribution in [1.82, 2.24) is 15.3 Å². The molecule has 2 aromatic carbocycles. The zero-order chi connectivity index (χ0) is 24.1. The van der Waals surface area contributed by atoms with Crippen LogP contribution < -0.4 is 15.5 Å². The Hall–Kier alpha value is -3.55. The van der Waals surface area contributed by atoms with Crippen molar-refractivity contribution in [3.63, 3.8) is 0 Å². The average Bonchev–Trinajstić information content (AvgIpc) is 2.83. The normalized spacial score (nSPS) is 17.9. The Bertz CT molecular complexity index is 1160. The molecule has 0 saturated heterocycles. The number of hydrogen-bond acceptors (Lipinski definition) is 6. The highest BCUT2D eigenvalue weighted by Crippen LogP contribution is 2.26. The molecule has 7 nitrogen and oxygen atoms in total. The zero-order valence-electron chi connectivity index (χ0n) is 19.6. The number of para-hydroxylation sites is 1. The summed E-state index contributed by atoms with van der Waals surface area (Å²) in [5.74, 6) is 0.832. The molecular formula is C26H30FN5O2. The number of nitrogens with one attached hydrogen (secondary N) is 2. The first kappa shape index (κ1) is 23.6. The van der Waals surface area contributed by atoms with Crippen molar-refractivity contribution in [2.45, 2.75) is 50.6 Å². The third kappa shape index (κ3) is 5.87. The number of anilines is 2. The summed E-state index contributed by atoms with van der Waals surface area (Å²) >= 11 is 0. The number of halogens is 1. The molecule has 0 aliphatic heterocycles. The molecular weight excluding hydrogens is 433 g/mol. The lowest BCUT2D eigenvalue weighted by Crippen LogP contribution is -2.40. The van der Waals surface area contributed by atoms with E-state index in [4.69, 9.17) is 4.98 Å². The minimum atomic E-state index is -0.385. The van der Waals surface area contributed by atoms with E-state index in [1.807, 2.05) is 43.3 Å². The van der Waals surface area contributed by atoms with Crippen molar-refractivity contribution in [2.75, 3.05) is 24.3 Å². The summed E-state index contributed by atoms with van der Waals surface area (Å²) < 4.78 is 13.0. The van der Waals surface area contributed by atoms with Crippen LogP contribution in [-0.4, -0.2) is 47.8 Å². The van der Waals surface area contributed by atoms with Gasteiger partial charge in [-0.1, -0.05) is 12.1 Å². The molecule has 0 bridgehead atoms. The molecule has 3 aromatic rings. The molecule has 0 radical (unpaired) electrons. The number of benzene rings is 2. The molecule has 1 aliphatic carbocycles. The van der Waals surface area contributed by atoms with Gasteiger partial charge in [-0.05, 0) is 62.1 Å². The molecule has 1 saturated carbocycles. The smallest absolute Gasteiger partial charge is 0.225 e. The Morgan fingerprint density at radius 1 is 0.941 bits per heavy atom. The molecule has 34 heavy (non-hydrogen) atoms. The molecule has 0 unspecified atom stereocenters. The third-order valence-electron chi connectivity index (χ3n) is 6.18. The molecule has 1 amide bonds. The van der Waals surface area contributed by atoms with Gasteiger partial charge in [-0.15, -0.1) is 0 Å². The summed E-state index contributed by atoms with van der Waals surface area (Å²) in [6.07, 6.45) is 3.74. The Morgan fingerprint density at radius 2 is 1.62 bits per heavy atom. The molecule has 2 N–H and O–H groups in total. The molecule has 4 rings (SSSR count). The van der Waals surface area contributed by atoms with Crippen LogP contribution in [0.5, 0.6) is 0 Å². The lowest BCUT2D eigenvalue weighted by atomic mass is 9.91. The van der Waals surface area contributed by atoms with Gasteiger partial charge in [0.15, 0.2) is 5.78 Å². The molecule has 0 atom stereocenters. The number of Topliss-reactive ketones (excluding diaryl/α,β-unsaturated/α-hetero) is 1. The van der Waals surface area contributed by atoms with Gasteiger partial charge < -0.3 is 15.5 Å². The number of fused-ring (bicyclic) bond motifs is 1. The highest BCUT2D eigenvalue weighted by Gasteiger charge is 2.23. The number of carbonyl (C=O) groups excluding carboxylic acids is 2. The Kier molecular flexibility index (Phi) is 7.35. The number of aromatic nitrogens is 2. The Balaban J connectivity index is 1.25. The predicted molar refractivity (Wildman–Crippen MR) is 132 cm³/mol. The number of amides is 1. The van der Waals surface area contributed by atoms with Crippen LogP contribution in [0.15, 0.2) is 48.5 Å². The van der Waals surface area contributed by atoms with E-state index in [0.29, 0.717) is 11.5 Å². The summed E-state index contributed by atoms with van der Waals surface area (Å²) in [6.45, 7) is 0. The van der Waals surface area contributed by atoms with Crippen molar-refractivity contribution < 1.29 is 14.0 Å². The summed E-state index contributed by atoms with van der Waals surface area (Å²) in [5, 5.41) is 7.54. The fourth-order valence-corrected chi connectivity index (χ4v) is 4.34. The highest BCUT2D eigenvalue weighted by molar-refractivity contribution is 5.98. The van der Waals surface area contributed by atoms with Crippen LogP contribution in [0.25, 0.3) is 10.9 Å². The molecule has 1 aromatic heterocycles. The number of carbonyl (C=O) groups is 2. The van der Waals surface area contributed by atoms with Crippen LogP contribution in [-0.2, 0) is 4.79 Å². The fraction of sp³-hybridized carbons (Fsp3) is 0.385. The van der Waals surface area contributed by atoms with E-state index in [1.165, 1.54) is 24.3 Å². The van der Waals surface area contributed by atoms with Crippen LogP contribution in [0.2, 0.25) is 0 Å². The topological polar surface area (TPSA) is 87.2 Å². The van der Waals surface area contributed by atoms with Crippen molar-refractivity contribution in [3.05, 3.63) is 59.9 Å². The van der Waals surface area contributed by atoms with Crippen molar-refractivity contribution in [2.24, 2.45) is 0 Å². The van der Waals surface area contributed by atoms with Gasteiger partial charge in [0.25, 0.3) is 0 Å². The minimum absolute atomic E-state index is 0.0985. The summed E-state index contributed by atoms with van der Waals surface area (Å²) in [7, 11) is 3.94. The molecule has 1 aliphatic rings. The van der Waals surface area contributed by atoms with Gasteiger partial charge in [-0.2, -0.15) is 4.98 Å². The van der Waals surface area contributed by atoms with Gasteiger partial charge >= 0.3 is 0 Å². The second-order valence-electron chi connectivity index (χ2n) is 8.97. The van der Waals surface area contributed by atoms with Crippen LogP contribution in [0.1, 0.15) is 48.9 Å². The Labute approximate surface area is 198 Å². The maximum atomic E-state index is 13.0. The van der Waals surface area contributed by atoms with Crippen LogP contribution in [0, 0.1) is 5.82 Å². The van der Waals surface area contributed by atoms with E-state index < -0.39 is 0 Å². The van der Waals surface area contributed by atoms with Crippen LogP contribution in [0.3, 0.4) is 0 Å². The molecule has 1 fully saturated rings. The van der Waals surface area contributed by atoms with E-state index in [2.05, 4.69) is 15.6 Å². The second-order valence-corrected chi connectivity index (χ2v) is 8.97. The van der Waals surface area contributed by atoms with Gasteiger partial charge in [-0.3, -0.25) is 9.59 Å². The van der Waals surface area contributed by atoms with Gasteiger partial charge in [0.2, 0.25) is 11.9 Å². The first-order valence-corrected chi connectivity index (χ1v) is 11.7. The zero-order valence-corrected chi connectivity index (χ0v) is 19.6. The molecule has 8 heteroatoms. The number of ketones is 1. The molecule has 1 heterocycles. The minimum Gasteiger partial charge on any atom is -0.362 e. The van der Waals surface area contributed by atoms with E-state index >= 15 is 0 Å². The van der Waals surface area contributed by atoms with E-state index in [9.17, 15) is 14.0 Å². The maximum Gasteiger partial charge on any atom is 0.225 e. The standard InChI is InChI=1S/C26H30FN5O2/c1-32(2)25-21-5-3-4-6-22(21)30-26(31-25)29-20-13-11-19(12-14-20)28-24(34)16-15-23(33)17-7-9-18(27)10-8-17/h3-10,19-20H,11-16H2,1-2H3,(H,28,34)(H,29,30,31). The van der Waals surface area contributed by atoms with Gasteiger partial charge in [0.05, 0.1) is 5.52 Å². The lowest BCUT2D eigenvalue weighted by Gasteiger charge is -2.30. The molecule has 178 valence electrons. The number of rotatable bonds is 8. The number of hydrogen-bond donors (Lipinski definition) is 2. The molecule has 0 spiro atoms. The maximum absolute atomic E-state index is 13.0. The van der Waals surface area contributed by atoms with Gasteiger partial charge in [0.1, 0.15) is 11.6 Å². The number of nitrogens with zero attached hydrogens (tertiary/aromatic N) is 3. The van der Waals surface area contributed by atoms with Crippen molar-refractivity contribution in [3.8, 4) is 0 Å². The fourth-order valence-electron chi connectivity index (χ4n) is 4.34. The van der Waals surface area contributed by atoms with Crippen LogP contribution >= 0.6 is 0 Å². The van der Waals surface area contributed by atoms with Gasteiger partial charge in [-0.25, -0.2) is 9.37 Å². The van der Waals surface area contributed by atoms with E-state index in [1.54, 1.807) is 0 Å². The average molecular weight is 464 g/mol. The van der Waals surface area contributed by atoms with Gasteiger partial charge in [0, 0.05) is 50.0 Å². The SMILES string of the molecule is CN(C)c1nc(NC2CCC(NC(=O)CCC(=O)c3ccc(F)cc3)CC2)nc2ccccc12. The Morgan fingerprint density at radius 3 is 2.32 bits per heavy atom. The quantitative estimate of drug-likeness (QED) is 0.484. The first-order chi connectivity index (χ1) is 16.4. The van der Waals surface area contributed by atoms with Crippen molar-refractivity contribution >= 4 is 34.4 Å². The lowest BCUT2D eigenvalue weighted by molar-refractivity contribution is -0.122. The summed E-state index contributed by atoms with van der Waals surface area (Å²) in [4.78, 5) is 35.9. The summed E-state index contributed by atoms with van der Waals surface area (Å²) in [6, 6.07) is 13.7. The second kappa shape index (κ2) is 10.6. The largest absolute Gasteiger partial charge is 0.362 e. The monoisotopic (exact) mass is 463 g/mol. The highest BCUT2D eigenvalue weighted by atomic mass is 19.1. The third-order valence-corrected chi connectivity index (χ3v) is 6.18. The summed E-state index contributed by atoms with van der Waals surface area (Å²) in [5.41, 5.74) is 1.33. The van der Waals surface area contributed by atoms with Crippen LogP contribution in [0.4, 0.5) is 16.2 Å². The van der Waals surface area contributed by atoms with Crippen molar-refractivity contribution in [1.29, 1.82) is 0 Å². The predicted octanol–water partition coefficient (Wildman–Crippen LogP) is 4.34. The van der Waals surface area contributed by atoms with E-state index in [0.717, 1.165) is 42.4 Å².